The maximum Gasteiger partial charge on any atom is 0.342 e. The van der Waals surface area contributed by atoms with Crippen LogP contribution in [0.3, 0.4) is 0 Å². The minimum atomic E-state index is -3.89. The zero-order chi connectivity index (χ0) is 22.6. The second-order valence-electron chi connectivity index (χ2n) is 7.27. The molecule has 0 aliphatic carbocycles. The number of amides is 1. The van der Waals surface area contributed by atoms with Gasteiger partial charge in [-0.25, -0.2) is 13.2 Å². The summed E-state index contributed by atoms with van der Waals surface area (Å²) >= 11 is 0. The minimum absolute atomic E-state index is 0.0439. The third-order valence-electron chi connectivity index (χ3n) is 5.18. The number of methoxy groups -OCH3 is 1. The standard InChI is InChI=1S/C22H26N2O6S/c1-4-15(2)23-21(25)14-30-22(26)18-13-17(9-10-20(18)29-3)31(27,28)24-12-11-16-7-5-6-8-19(16)24/h5-10,13,15H,4,11-12,14H2,1-3H3,(H,23,25)/t15-/m0/s1. The van der Waals surface area contributed by atoms with E-state index >= 15 is 0 Å². The summed E-state index contributed by atoms with van der Waals surface area (Å²) in [6.07, 6.45) is 1.36. The van der Waals surface area contributed by atoms with Crippen molar-refractivity contribution in [3.05, 3.63) is 53.6 Å². The molecule has 1 heterocycles. The van der Waals surface area contributed by atoms with Gasteiger partial charge in [0.1, 0.15) is 11.3 Å². The maximum atomic E-state index is 13.3. The molecule has 1 atom stereocenters. The number of nitrogens with zero attached hydrogens (tertiary/aromatic N) is 1. The molecule has 9 heteroatoms. The predicted molar refractivity (Wildman–Crippen MR) is 116 cm³/mol. The molecule has 1 aliphatic rings. The number of fused-ring (bicyclic) bond motifs is 1. The Balaban J connectivity index is 1.84. The van der Waals surface area contributed by atoms with Gasteiger partial charge < -0.3 is 14.8 Å². The Labute approximate surface area is 182 Å². The van der Waals surface area contributed by atoms with Crippen LogP contribution < -0.4 is 14.4 Å². The van der Waals surface area contributed by atoms with E-state index in [4.69, 9.17) is 9.47 Å². The Kier molecular flexibility index (Phi) is 6.84. The number of anilines is 1. The average molecular weight is 447 g/mol. The number of hydrogen-bond acceptors (Lipinski definition) is 6. The first kappa shape index (κ1) is 22.6. The predicted octanol–water partition coefficient (Wildman–Crippen LogP) is 2.52. The maximum absolute atomic E-state index is 13.3. The van der Waals surface area contributed by atoms with Gasteiger partial charge in [-0.05, 0) is 49.6 Å². The number of hydrogen-bond donors (Lipinski definition) is 1. The van der Waals surface area contributed by atoms with Gasteiger partial charge in [0.15, 0.2) is 6.61 Å². The SMILES string of the molecule is CC[C@H](C)NC(=O)COC(=O)c1cc(S(=O)(=O)N2CCc3ccccc32)ccc1OC. The van der Waals surface area contributed by atoms with Crippen molar-refractivity contribution in [2.24, 2.45) is 0 Å². The highest BCUT2D eigenvalue weighted by atomic mass is 32.2. The van der Waals surface area contributed by atoms with Crippen molar-refractivity contribution in [3.63, 3.8) is 0 Å². The van der Waals surface area contributed by atoms with E-state index in [1.807, 2.05) is 26.0 Å². The van der Waals surface area contributed by atoms with Crippen molar-refractivity contribution in [2.45, 2.75) is 37.6 Å². The molecule has 2 aromatic rings. The second-order valence-corrected chi connectivity index (χ2v) is 9.13. The largest absolute Gasteiger partial charge is 0.496 e. The first-order valence-electron chi connectivity index (χ1n) is 10.0. The molecule has 0 fully saturated rings. The summed E-state index contributed by atoms with van der Waals surface area (Å²) in [5.41, 5.74) is 1.52. The Morgan fingerprint density at radius 3 is 2.65 bits per heavy atom. The molecule has 0 saturated carbocycles. The lowest BCUT2D eigenvalue weighted by Gasteiger charge is -2.20. The Hall–Kier alpha value is -3.07. The van der Waals surface area contributed by atoms with E-state index in [2.05, 4.69) is 5.32 Å². The lowest BCUT2D eigenvalue weighted by molar-refractivity contribution is -0.124. The summed E-state index contributed by atoms with van der Waals surface area (Å²) in [4.78, 5) is 24.4. The van der Waals surface area contributed by atoms with Crippen LogP contribution in [0.25, 0.3) is 0 Å². The Morgan fingerprint density at radius 1 is 1.19 bits per heavy atom. The fraction of sp³-hybridized carbons (Fsp3) is 0.364. The topological polar surface area (TPSA) is 102 Å². The van der Waals surface area contributed by atoms with E-state index in [1.165, 1.54) is 29.6 Å². The van der Waals surface area contributed by atoms with Gasteiger partial charge in [-0.3, -0.25) is 9.10 Å². The first-order chi connectivity index (χ1) is 14.8. The molecule has 2 aromatic carbocycles. The third-order valence-corrected chi connectivity index (χ3v) is 6.99. The van der Waals surface area contributed by atoms with Crippen LogP contribution in [0, 0.1) is 0 Å². The molecule has 0 spiro atoms. The zero-order valence-electron chi connectivity index (χ0n) is 17.8. The number of carbonyl (C=O) groups is 2. The lowest BCUT2D eigenvalue weighted by atomic mass is 10.2. The number of nitrogens with one attached hydrogen (secondary N) is 1. The number of esters is 1. The highest BCUT2D eigenvalue weighted by Crippen LogP contribution is 2.34. The highest BCUT2D eigenvalue weighted by molar-refractivity contribution is 7.92. The summed E-state index contributed by atoms with van der Waals surface area (Å²) in [5, 5.41) is 2.70. The number of ether oxygens (including phenoxy) is 2. The van der Waals surface area contributed by atoms with E-state index in [0.717, 1.165) is 12.0 Å². The Bertz CT molecular complexity index is 1080. The minimum Gasteiger partial charge on any atom is -0.496 e. The quantitative estimate of drug-likeness (QED) is 0.625. The number of benzene rings is 2. The molecule has 1 amide bonds. The van der Waals surface area contributed by atoms with E-state index < -0.39 is 28.5 Å². The van der Waals surface area contributed by atoms with Crippen molar-refractivity contribution >= 4 is 27.6 Å². The average Bonchev–Trinajstić information content (AvgIpc) is 3.22. The van der Waals surface area contributed by atoms with Crippen LogP contribution in [0.2, 0.25) is 0 Å². The molecule has 0 aromatic heterocycles. The van der Waals surface area contributed by atoms with Crippen LogP contribution in [0.15, 0.2) is 47.4 Å². The van der Waals surface area contributed by atoms with Crippen LogP contribution in [-0.4, -0.2) is 46.6 Å². The molecule has 31 heavy (non-hydrogen) atoms. The number of rotatable bonds is 8. The smallest absolute Gasteiger partial charge is 0.342 e. The van der Waals surface area contributed by atoms with Crippen LogP contribution in [0.1, 0.15) is 36.2 Å². The molecule has 3 rings (SSSR count). The van der Waals surface area contributed by atoms with Gasteiger partial charge in [-0.1, -0.05) is 25.1 Å². The Morgan fingerprint density at radius 2 is 1.94 bits per heavy atom. The molecule has 1 N–H and O–H groups in total. The van der Waals surface area contributed by atoms with E-state index in [1.54, 1.807) is 12.1 Å². The van der Waals surface area contributed by atoms with Crippen LogP contribution in [-0.2, 0) is 26.0 Å². The second kappa shape index (κ2) is 9.38. The number of sulfonamides is 1. The van der Waals surface area contributed by atoms with E-state index in [9.17, 15) is 18.0 Å². The third kappa shape index (κ3) is 4.82. The van der Waals surface area contributed by atoms with Crippen molar-refractivity contribution in [3.8, 4) is 5.75 Å². The zero-order valence-corrected chi connectivity index (χ0v) is 18.6. The normalized spacial score (nSPS) is 14.0. The van der Waals surface area contributed by atoms with Gasteiger partial charge in [-0.15, -0.1) is 0 Å². The molecule has 0 radical (unpaired) electrons. The highest BCUT2D eigenvalue weighted by Gasteiger charge is 2.31. The van der Waals surface area contributed by atoms with Gasteiger partial charge >= 0.3 is 5.97 Å². The molecule has 1 aliphatic heterocycles. The van der Waals surface area contributed by atoms with Crippen molar-refractivity contribution in [1.29, 1.82) is 0 Å². The molecule has 0 unspecified atom stereocenters. The summed E-state index contributed by atoms with van der Waals surface area (Å²) < 4.78 is 38.1. The molecule has 166 valence electrons. The van der Waals surface area contributed by atoms with Crippen LogP contribution in [0.5, 0.6) is 5.75 Å². The molecule has 0 bridgehead atoms. The molecule has 8 nitrogen and oxygen atoms in total. The van der Waals surface area contributed by atoms with E-state index in [-0.39, 0.29) is 22.3 Å². The van der Waals surface area contributed by atoms with Gasteiger partial charge in [0.2, 0.25) is 0 Å². The summed E-state index contributed by atoms with van der Waals surface area (Å²) in [5.74, 6) is -1.11. The van der Waals surface area contributed by atoms with Crippen molar-refractivity contribution in [1.82, 2.24) is 5.32 Å². The number of carbonyl (C=O) groups excluding carboxylic acids is 2. The first-order valence-corrected chi connectivity index (χ1v) is 11.5. The lowest BCUT2D eigenvalue weighted by Crippen LogP contribution is -2.35. The van der Waals surface area contributed by atoms with Gasteiger partial charge in [-0.2, -0.15) is 0 Å². The molecular weight excluding hydrogens is 420 g/mol. The monoisotopic (exact) mass is 446 g/mol. The van der Waals surface area contributed by atoms with Crippen molar-refractivity contribution < 1.29 is 27.5 Å². The summed E-state index contributed by atoms with van der Waals surface area (Å²) in [7, 11) is -2.53. The summed E-state index contributed by atoms with van der Waals surface area (Å²) in [6, 6.07) is 11.3. The molecular formula is C22H26N2O6S. The van der Waals surface area contributed by atoms with Gasteiger partial charge in [0.25, 0.3) is 15.9 Å². The fourth-order valence-electron chi connectivity index (χ4n) is 3.32. The van der Waals surface area contributed by atoms with Crippen LogP contribution in [0.4, 0.5) is 5.69 Å². The summed E-state index contributed by atoms with van der Waals surface area (Å²) in [6.45, 7) is 3.62. The fourth-order valence-corrected chi connectivity index (χ4v) is 4.85. The molecule has 0 saturated heterocycles. The van der Waals surface area contributed by atoms with E-state index in [0.29, 0.717) is 18.7 Å². The van der Waals surface area contributed by atoms with Gasteiger partial charge in [0, 0.05) is 12.6 Å². The van der Waals surface area contributed by atoms with Gasteiger partial charge in [0.05, 0.1) is 17.7 Å². The van der Waals surface area contributed by atoms with Crippen LogP contribution >= 0.6 is 0 Å². The number of para-hydroxylation sites is 1. The van der Waals surface area contributed by atoms with Crippen molar-refractivity contribution in [2.75, 3.05) is 24.6 Å².